The molecular formula is C13H14ClNO2. The van der Waals surface area contributed by atoms with Gasteiger partial charge in [-0.25, -0.2) is 0 Å². The maximum atomic E-state index is 10.7. The Balaban J connectivity index is 2.04. The molecule has 4 heteroatoms. The molecule has 1 unspecified atom stereocenters. The van der Waals surface area contributed by atoms with Crippen molar-refractivity contribution in [1.82, 2.24) is 0 Å². The lowest BCUT2D eigenvalue weighted by atomic mass is 9.87. The van der Waals surface area contributed by atoms with Crippen LogP contribution in [0.25, 0.3) is 0 Å². The number of benzene rings is 1. The Morgan fingerprint density at radius 3 is 2.88 bits per heavy atom. The summed E-state index contributed by atoms with van der Waals surface area (Å²) < 4.78 is 0. The highest BCUT2D eigenvalue weighted by molar-refractivity contribution is 6.31. The molecule has 1 atom stereocenters. The van der Waals surface area contributed by atoms with Crippen LogP contribution in [0.1, 0.15) is 24.8 Å². The molecule has 0 heterocycles. The molecule has 0 N–H and O–H groups in total. The van der Waals surface area contributed by atoms with E-state index in [9.17, 15) is 10.1 Å². The number of hydrogen-bond donors (Lipinski definition) is 0. The van der Waals surface area contributed by atoms with Gasteiger partial charge in [0.2, 0.25) is 5.70 Å². The van der Waals surface area contributed by atoms with Crippen molar-refractivity contribution in [3.8, 4) is 0 Å². The SMILES string of the molecule is O=[N+]([O-])C1=CCCC(Cc2ccccc2Cl)C1. The first-order valence-corrected chi connectivity index (χ1v) is 6.11. The largest absolute Gasteiger partial charge is 0.259 e. The van der Waals surface area contributed by atoms with Crippen LogP contribution in [-0.2, 0) is 6.42 Å². The van der Waals surface area contributed by atoms with Gasteiger partial charge in [-0.05, 0) is 42.9 Å². The topological polar surface area (TPSA) is 43.1 Å². The average Bonchev–Trinajstić information content (AvgIpc) is 2.32. The van der Waals surface area contributed by atoms with Crippen LogP contribution < -0.4 is 0 Å². The quantitative estimate of drug-likeness (QED) is 0.605. The molecule has 17 heavy (non-hydrogen) atoms. The van der Waals surface area contributed by atoms with E-state index < -0.39 is 0 Å². The van der Waals surface area contributed by atoms with Gasteiger partial charge in [-0.1, -0.05) is 29.8 Å². The molecule has 2 rings (SSSR count). The van der Waals surface area contributed by atoms with E-state index >= 15 is 0 Å². The zero-order chi connectivity index (χ0) is 12.3. The first-order valence-electron chi connectivity index (χ1n) is 5.73. The molecule has 1 aliphatic rings. The van der Waals surface area contributed by atoms with Crippen LogP contribution in [0, 0.1) is 16.0 Å². The van der Waals surface area contributed by atoms with Gasteiger partial charge in [-0.3, -0.25) is 10.1 Å². The van der Waals surface area contributed by atoms with E-state index in [1.807, 2.05) is 24.3 Å². The van der Waals surface area contributed by atoms with Crippen molar-refractivity contribution in [3.63, 3.8) is 0 Å². The van der Waals surface area contributed by atoms with Crippen LogP contribution in [0.5, 0.6) is 0 Å². The first-order chi connectivity index (χ1) is 8.16. The van der Waals surface area contributed by atoms with Gasteiger partial charge >= 0.3 is 0 Å². The minimum Gasteiger partial charge on any atom is -0.259 e. The van der Waals surface area contributed by atoms with Gasteiger partial charge in [-0.15, -0.1) is 0 Å². The Hall–Kier alpha value is -1.35. The lowest BCUT2D eigenvalue weighted by Gasteiger charge is -2.18. The van der Waals surface area contributed by atoms with Gasteiger partial charge in [-0.2, -0.15) is 0 Å². The number of rotatable bonds is 3. The van der Waals surface area contributed by atoms with Crippen LogP contribution in [0.4, 0.5) is 0 Å². The molecule has 90 valence electrons. The lowest BCUT2D eigenvalue weighted by molar-refractivity contribution is -0.430. The Morgan fingerprint density at radius 2 is 2.18 bits per heavy atom. The molecule has 0 bridgehead atoms. The Bertz CT molecular complexity index is 456. The molecule has 3 nitrogen and oxygen atoms in total. The minimum atomic E-state index is -0.265. The summed E-state index contributed by atoms with van der Waals surface area (Å²) in [5.74, 6) is 0.334. The summed E-state index contributed by atoms with van der Waals surface area (Å²) in [6, 6.07) is 7.71. The molecule has 0 saturated heterocycles. The summed E-state index contributed by atoms with van der Waals surface area (Å²) in [7, 11) is 0. The van der Waals surface area contributed by atoms with E-state index in [-0.39, 0.29) is 4.92 Å². The Labute approximate surface area is 105 Å². The molecule has 0 spiro atoms. The lowest BCUT2D eigenvalue weighted by Crippen LogP contribution is -2.14. The number of nitro groups is 1. The Morgan fingerprint density at radius 1 is 1.41 bits per heavy atom. The highest BCUT2D eigenvalue weighted by Gasteiger charge is 2.23. The highest BCUT2D eigenvalue weighted by Crippen LogP contribution is 2.29. The van der Waals surface area contributed by atoms with Crippen molar-refractivity contribution < 1.29 is 4.92 Å². The third-order valence-electron chi connectivity index (χ3n) is 3.15. The second kappa shape index (κ2) is 5.32. The molecule has 1 aromatic rings. The van der Waals surface area contributed by atoms with Crippen molar-refractivity contribution in [2.24, 2.45) is 5.92 Å². The second-order valence-electron chi connectivity index (χ2n) is 4.40. The molecule has 0 saturated carbocycles. The fourth-order valence-electron chi connectivity index (χ4n) is 2.27. The third-order valence-corrected chi connectivity index (χ3v) is 3.52. The zero-order valence-electron chi connectivity index (χ0n) is 9.43. The molecule has 0 radical (unpaired) electrons. The monoisotopic (exact) mass is 251 g/mol. The van der Waals surface area contributed by atoms with Crippen LogP contribution in [0.3, 0.4) is 0 Å². The fraction of sp³-hybridized carbons (Fsp3) is 0.385. The molecule has 0 aromatic heterocycles. The van der Waals surface area contributed by atoms with Crippen LogP contribution in [-0.4, -0.2) is 4.92 Å². The van der Waals surface area contributed by atoms with Gasteiger partial charge < -0.3 is 0 Å². The van der Waals surface area contributed by atoms with Crippen molar-refractivity contribution in [1.29, 1.82) is 0 Å². The second-order valence-corrected chi connectivity index (χ2v) is 4.80. The van der Waals surface area contributed by atoms with Crippen molar-refractivity contribution >= 4 is 11.6 Å². The van der Waals surface area contributed by atoms with Crippen LogP contribution in [0.2, 0.25) is 5.02 Å². The van der Waals surface area contributed by atoms with Crippen molar-refractivity contribution in [2.45, 2.75) is 25.7 Å². The van der Waals surface area contributed by atoms with E-state index in [2.05, 4.69) is 0 Å². The Kier molecular flexibility index (Phi) is 3.79. The molecule has 0 amide bonds. The minimum absolute atomic E-state index is 0.265. The number of nitrogens with zero attached hydrogens (tertiary/aromatic N) is 1. The predicted molar refractivity (Wildman–Crippen MR) is 67.6 cm³/mol. The standard InChI is InChI=1S/C13H14ClNO2/c14-13-7-2-1-5-11(13)8-10-4-3-6-12(9-10)15(16)17/h1-2,5-7,10H,3-4,8-9H2. The summed E-state index contributed by atoms with van der Waals surface area (Å²) in [4.78, 5) is 10.5. The van der Waals surface area contributed by atoms with E-state index in [4.69, 9.17) is 11.6 Å². The third kappa shape index (κ3) is 3.07. The van der Waals surface area contributed by atoms with E-state index in [1.54, 1.807) is 6.08 Å². The van der Waals surface area contributed by atoms with Gasteiger partial charge in [0.15, 0.2) is 0 Å². The molecule has 0 fully saturated rings. The van der Waals surface area contributed by atoms with Crippen molar-refractivity contribution in [3.05, 3.63) is 56.7 Å². The van der Waals surface area contributed by atoms with Crippen LogP contribution >= 0.6 is 11.6 Å². The smallest absolute Gasteiger partial charge is 0.242 e. The summed E-state index contributed by atoms with van der Waals surface area (Å²) in [6.45, 7) is 0. The van der Waals surface area contributed by atoms with Crippen LogP contribution in [0.15, 0.2) is 36.0 Å². The van der Waals surface area contributed by atoms with E-state index in [0.717, 1.165) is 29.8 Å². The summed E-state index contributed by atoms with van der Waals surface area (Å²) in [5, 5.41) is 11.5. The summed E-state index contributed by atoms with van der Waals surface area (Å²) in [5.41, 5.74) is 1.44. The molecule has 0 aliphatic heterocycles. The van der Waals surface area contributed by atoms with Crippen molar-refractivity contribution in [2.75, 3.05) is 0 Å². The summed E-state index contributed by atoms with van der Waals surface area (Å²) >= 11 is 6.09. The zero-order valence-corrected chi connectivity index (χ0v) is 10.2. The first kappa shape index (κ1) is 12.1. The fourth-order valence-corrected chi connectivity index (χ4v) is 2.48. The molecule has 1 aliphatic carbocycles. The van der Waals surface area contributed by atoms with Gasteiger partial charge in [0.1, 0.15) is 0 Å². The van der Waals surface area contributed by atoms with Gasteiger partial charge in [0.05, 0.1) is 4.92 Å². The highest BCUT2D eigenvalue weighted by atomic mass is 35.5. The van der Waals surface area contributed by atoms with E-state index in [0.29, 0.717) is 18.0 Å². The number of halogens is 1. The van der Waals surface area contributed by atoms with Gasteiger partial charge in [0, 0.05) is 11.4 Å². The van der Waals surface area contributed by atoms with Gasteiger partial charge in [0.25, 0.3) is 0 Å². The maximum absolute atomic E-state index is 10.7. The average molecular weight is 252 g/mol. The predicted octanol–water partition coefficient (Wildman–Crippen LogP) is 3.84. The molecule has 1 aromatic carbocycles. The maximum Gasteiger partial charge on any atom is 0.242 e. The summed E-state index contributed by atoms with van der Waals surface area (Å²) in [6.07, 6.45) is 4.92. The number of hydrogen-bond acceptors (Lipinski definition) is 2. The number of allylic oxidation sites excluding steroid dienone is 2. The van der Waals surface area contributed by atoms with E-state index in [1.165, 1.54) is 0 Å². The normalized spacial score (nSPS) is 19.8. The molecular weight excluding hydrogens is 238 g/mol.